The molecular formula is C11H13NO2S. The van der Waals surface area contributed by atoms with Gasteiger partial charge in [-0.05, 0) is 32.4 Å². The van der Waals surface area contributed by atoms with Crippen molar-refractivity contribution in [1.82, 2.24) is 4.98 Å². The molecule has 0 saturated carbocycles. The number of aryl methyl sites for hydroxylation is 2. The van der Waals surface area contributed by atoms with E-state index in [0.29, 0.717) is 5.76 Å². The Morgan fingerprint density at radius 2 is 2.20 bits per heavy atom. The molecule has 2 heterocycles. The third-order valence-corrected chi connectivity index (χ3v) is 3.53. The summed E-state index contributed by atoms with van der Waals surface area (Å²) < 4.78 is 5.32. The van der Waals surface area contributed by atoms with Crippen LogP contribution >= 0.6 is 11.3 Å². The van der Waals surface area contributed by atoms with Crippen molar-refractivity contribution in [1.29, 1.82) is 0 Å². The van der Waals surface area contributed by atoms with Crippen LogP contribution in [0.2, 0.25) is 0 Å². The highest BCUT2D eigenvalue weighted by Crippen LogP contribution is 2.34. The molecule has 0 aliphatic carbocycles. The van der Waals surface area contributed by atoms with E-state index in [9.17, 15) is 5.11 Å². The summed E-state index contributed by atoms with van der Waals surface area (Å²) in [4.78, 5) is 4.94. The van der Waals surface area contributed by atoms with Crippen LogP contribution < -0.4 is 0 Å². The third kappa shape index (κ3) is 1.70. The molecule has 1 unspecified atom stereocenters. The van der Waals surface area contributed by atoms with Gasteiger partial charge < -0.3 is 9.52 Å². The van der Waals surface area contributed by atoms with Crippen molar-refractivity contribution in [2.24, 2.45) is 0 Å². The number of aliphatic hydroxyl groups is 1. The predicted molar refractivity (Wildman–Crippen MR) is 59.0 cm³/mol. The van der Waals surface area contributed by atoms with Crippen LogP contribution in [0.1, 0.15) is 28.1 Å². The van der Waals surface area contributed by atoms with E-state index in [0.717, 1.165) is 15.4 Å². The van der Waals surface area contributed by atoms with Gasteiger partial charge in [0.25, 0.3) is 0 Å². The fraction of sp³-hybridized carbons (Fsp3) is 0.364. The first-order valence-electron chi connectivity index (χ1n) is 4.71. The maximum absolute atomic E-state index is 10.4. The summed E-state index contributed by atoms with van der Waals surface area (Å²) in [5.74, 6) is 0.589. The number of furan rings is 1. The summed E-state index contributed by atoms with van der Waals surface area (Å²) in [5, 5.41) is 11.4. The highest BCUT2D eigenvalue weighted by atomic mass is 32.1. The number of rotatable bonds is 2. The number of hydrogen-bond donors (Lipinski definition) is 1. The first-order chi connectivity index (χ1) is 7.01. The van der Waals surface area contributed by atoms with E-state index in [-0.39, 0.29) is 0 Å². The average Bonchev–Trinajstić information content (AvgIpc) is 2.74. The smallest absolute Gasteiger partial charge is 0.155 e. The normalized spacial score (nSPS) is 15.2. The van der Waals surface area contributed by atoms with Crippen LogP contribution in [0.3, 0.4) is 0 Å². The first kappa shape index (κ1) is 10.4. The van der Waals surface area contributed by atoms with Crippen molar-refractivity contribution in [3.8, 4) is 0 Å². The maximum atomic E-state index is 10.4. The fourth-order valence-electron chi connectivity index (χ4n) is 1.57. The van der Waals surface area contributed by atoms with Crippen molar-refractivity contribution in [3.05, 3.63) is 39.7 Å². The number of aromatic nitrogens is 1. The van der Waals surface area contributed by atoms with Crippen LogP contribution in [0.15, 0.2) is 22.9 Å². The van der Waals surface area contributed by atoms with E-state index < -0.39 is 5.60 Å². The Balaban J connectivity index is 2.47. The molecule has 0 aliphatic rings. The maximum Gasteiger partial charge on any atom is 0.155 e. The lowest BCUT2D eigenvalue weighted by Crippen LogP contribution is -2.21. The lowest BCUT2D eigenvalue weighted by Gasteiger charge is -2.19. The SMILES string of the molecule is Cc1ncc(C(C)(O)c2occc2C)s1. The molecule has 0 saturated heterocycles. The minimum atomic E-state index is -1.08. The molecule has 0 aromatic carbocycles. The Labute approximate surface area is 92.4 Å². The molecular weight excluding hydrogens is 210 g/mol. The fourth-order valence-corrected chi connectivity index (χ4v) is 2.39. The van der Waals surface area contributed by atoms with Crippen LogP contribution in [-0.2, 0) is 5.60 Å². The van der Waals surface area contributed by atoms with Crippen molar-refractivity contribution >= 4 is 11.3 Å². The van der Waals surface area contributed by atoms with Crippen molar-refractivity contribution in [2.75, 3.05) is 0 Å². The first-order valence-corrected chi connectivity index (χ1v) is 5.53. The van der Waals surface area contributed by atoms with E-state index in [1.54, 1.807) is 19.4 Å². The molecule has 0 aliphatic heterocycles. The second kappa shape index (κ2) is 3.47. The summed E-state index contributed by atoms with van der Waals surface area (Å²) in [6, 6.07) is 1.84. The molecule has 0 radical (unpaired) electrons. The summed E-state index contributed by atoms with van der Waals surface area (Å²) >= 11 is 1.48. The highest BCUT2D eigenvalue weighted by molar-refractivity contribution is 7.11. The van der Waals surface area contributed by atoms with E-state index in [2.05, 4.69) is 4.98 Å². The van der Waals surface area contributed by atoms with E-state index in [1.807, 2.05) is 19.9 Å². The van der Waals surface area contributed by atoms with Gasteiger partial charge >= 0.3 is 0 Å². The molecule has 0 fully saturated rings. The van der Waals surface area contributed by atoms with Crippen molar-refractivity contribution < 1.29 is 9.52 Å². The molecule has 2 aromatic heterocycles. The van der Waals surface area contributed by atoms with Gasteiger partial charge in [0.1, 0.15) is 5.76 Å². The standard InChI is InChI=1S/C11H13NO2S/c1-7-4-5-14-10(7)11(3,13)9-6-12-8(2)15-9/h4-6,13H,1-3H3. The van der Waals surface area contributed by atoms with Gasteiger partial charge in [-0.15, -0.1) is 11.3 Å². The van der Waals surface area contributed by atoms with Gasteiger partial charge in [-0.3, -0.25) is 0 Å². The Bertz CT molecular complexity index is 470. The quantitative estimate of drug-likeness (QED) is 0.851. The molecule has 0 bridgehead atoms. The third-order valence-electron chi connectivity index (χ3n) is 2.41. The monoisotopic (exact) mass is 223 g/mol. The largest absolute Gasteiger partial charge is 0.466 e. The Morgan fingerprint density at radius 3 is 2.67 bits per heavy atom. The molecule has 2 aromatic rings. The molecule has 15 heavy (non-hydrogen) atoms. The lowest BCUT2D eigenvalue weighted by atomic mass is 9.99. The number of nitrogens with zero attached hydrogens (tertiary/aromatic N) is 1. The topological polar surface area (TPSA) is 46.3 Å². The second-order valence-electron chi connectivity index (χ2n) is 3.75. The van der Waals surface area contributed by atoms with Crippen LogP contribution in [0.5, 0.6) is 0 Å². The van der Waals surface area contributed by atoms with Gasteiger partial charge in [0, 0.05) is 6.20 Å². The molecule has 1 atom stereocenters. The molecule has 1 N–H and O–H groups in total. The van der Waals surface area contributed by atoms with Crippen LogP contribution in [0.4, 0.5) is 0 Å². The average molecular weight is 223 g/mol. The predicted octanol–water partition coefficient (Wildman–Crippen LogP) is 2.61. The highest BCUT2D eigenvalue weighted by Gasteiger charge is 2.32. The van der Waals surface area contributed by atoms with Gasteiger partial charge in [-0.25, -0.2) is 4.98 Å². The summed E-state index contributed by atoms with van der Waals surface area (Å²) in [5.41, 5.74) is -0.134. The van der Waals surface area contributed by atoms with Crippen LogP contribution in [0.25, 0.3) is 0 Å². The second-order valence-corrected chi connectivity index (χ2v) is 4.98. The van der Waals surface area contributed by atoms with Gasteiger partial charge in [0.05, 0.1) is 16.1 Å². The minimum Gasteiger partial charge on any atom is -0.466 e. The Morgan fingerprint density at radius 1 is 1.47 bits per heavy atom. The van der Waals surface area contributed by atoms with Crippen molar-refractivity contribution in [2.45, 2.75) is 26.4 Å². The molecule has 0 spiro atoms. The van der Waals surface area contributed by atoms with Crippen molar-refractivity contribution in [3.63, 3.8) is 0 Å². The summed E-state index contributed by atoms with van der Waals surface area (Å²) in [6.07, 6.45) is 3.29. The van der Waals surface area contributed by atoms with Crippen LogP contribution in [0, 0.1) is 13.8 Å². The summed E-state index contributed by atoms with van der Waals surface area (Å²) in [6.45, 7) is 5.56. The molecule has 4 heteroatoms. The van der Waals surface area contributed by atoms with Crippen LogP contribution in [-0.4, -0.2) is 10.1 Å². The zero-order valence-corrected chi connectivity index (χ0v) is 9.76. The minimum absolute atomic E-state index is 0.589. The zero-order valence-electron chi connectivity index (χ0n) is 8.94. The molecule has 0 amide bonds. The van der Waals surface area contributed by atoms with Gasteiger partial charge in [0.15, 0.2) is 5.60 Å². The van der Waals surface area contributed by atoms with Gasteiger partial charge in [0.2, 0.25) is 0 Å². The Hall–Kier alpha value is -1.13. The molecule has 2 rings (SSSR count). The lowest BCUT2D eigenvalue weighted by molar-refractivity contribution is 0.0794. The van der Waals surface area contributed by atoms with E-state index in [1.165, 1.54) is 11.3 Å². The molecule has 80 valence electrons. The zero-order chi connectivity index (χ0) is 11.1. The van der Waals surface area contributed by atoms with Gasteiger partial charge in [-0.2, -0.15) is 0 Å². The Kier molecular flexibility index (Phi) is 2.40. The molecule has 3 nitrogen and oxygen atoms in total. The van der Waals surface area contributed by atoms with E-state index in [4.69, 9.17) is 4.42 Å². The number of thiazole rings is 1. The summed E-state index contributed by atoms with van der Waals surface area (Å²) in [7, 11) is 0. The number of hydrogen-bond acceptors (Lipinski definition) is 4. The van der Waals surface area contributed by atoms with E-state index >= 15 is 0 Å². The van der Waals surface area contributed by atoms with Gasteiger partial charge in [-0.1, -0.05) is 0 Å².